The van der Waals surface area contributed by atoms with Gasteiger partial charge >= 0.3 is 0 Å². The molecule has 0 spiro atoms. The van der Waals surface area contributed by atoms with Crippen LogP contribution in [0.25, 0.3) is 11.3 Å². The molecule has 27 heavy (non-hydrogen) atoms. The van der Waals surface area contributed by atoms with Crippen LogP contribution in [0.5, 0.6) is 0 Å². The van der Waals surface area contributed by atoms with Crippen molar-refractivity contribution >= 4 is 5.91 Å². The van der Waals surface area contributed by atoms with Gasteiger partial charge in [-0.05, 0) is 44.4 Å². The molecule has 6 heteroatoms. The monoisotopic (exact) mass is 368 g/mol. The van der Waals surface area contributed by atoms with Crippen molar-refractivity contribution in [2.45, 2.75) is 31.6 Å². The Morgan fingerprint density at radius 3 is 2.67 bits per heavy atom. The highest BCUT2D eigenvalue weighted by Crippen LogP contribution is 2.32. The maximum atomic E-state index is 14.3. The number of likely N-dealkylation sites (tertiary alicyclic amines) is 2. The van der Waals surface area contributed by atoms with Crippen molar-refractivity contribution in [3.63, 3.8) is 0 Å². The Morgan fingerprint density at radius 1 is 1.07 bits per heavy atom. The molecular formula is C21H25FN4O. The lowest BCUT2D eigenvalue weighted by molar-refractivity contribution is -0.131. The van der Waals surface area contributed by atoms with Gasteiger partial charge in [0.05, 0.1) is 17.9 Å². The van der Waals surface area contributed by atoms with E-state index in [2.05, 4.69) is 14.9 Å². The molecule has 0 saturated carbocycles. The van der Waals surface area contributed by atoms with E-state index < -0.39 is 0 Å². The second kappa shape index (κ2) is 8.13. The smallest absolute Gasteiger partial charge is 0.236 e. The minimum absolute atomic E-state index is 0.161. The first-order valence-corrected chi connectivity index (χ1v) is 9.78. The average Bonchev–Trinajstić information content (AvgIpc) is 3.24. The Morgan fingerprint density at radius 2 is 1.85 bits per heavy atom. The molecule has 2 fully saturated rings. The van der Waals surface area contributed by atoms with Crippen molar-refractivity contribution in [2.75, 3.05) is 32.7 Å². The fraction of sp³-hybridized carbons (Fsp3) is 0.476. The summed E-state index contributed by atoms with van der Waals surface area (Å²) >= 11 is 0. The maximum Gasteiger partial charge on any atom is 0.236 e. The predicted molar refractivity (Wildman–Crippen MR) is 102 cm³/mol. The minimum Gasteiger partial charge on any atom is -0.342 e. The number of aromatic nitrogens is 2. The Labute approximate surface area is 159 Å². The lowest BCUT2D eigenvalue weighted by atomic mass is 9.91. The van der Waals surface area contributed by atoms with Crippen LogP contribution in [0, 0.1) is 5.82 Å². The van der Waals surface area contributed by atoms with Crippen LogP contribution >= 0.6 is 0 Å². The van der Waals surface area contributed by atoms with E-state index in [0.717, 1.165) is 57.6 Å². The van der Waals surface area contributed by atoms with E-state index in [1.807, 2.05) is 11.0 Å². The zero-order valence-electron chi connectivity index (χ0n) is 15.5. The molecule has 0 N–H and O–H groups in total. The first-order chi connectivity index (χ1) is 13.2. The molecule has 0 unspecified atom stereocenters. The third-order valence-corrected chi connectivity index (χ3v) is 5.57. The van der Waals surface area contributed by atoms with E-state index in [1.165, 1.54) is 6.07 Å². The third kappa shape index (κ3) is 4.00. The summed E-state index contributed by atoms with van der Waals surface area (Å²) in [4.78, 5) is 25.7. The molecule has 5 nitrogen and oxygen atoms in total. The Kier molecular flexibility index (Phi) is 5.43. The Balaban J connectivity index is 1.52. The standard InChI is InChI=1S/C21H25FN4O/c22-18-8-2-1-7-17(18)21-20(23-9-10-24-21)16-6-5-11-25(14-16)15-19(27)26-12-3-4-13-26/h1-2,7-10,16H,3-6,11-15H2/t16-/m1/s1. The first kappa shape index (κ1) is 18.0. The van der Waals surface area contributed by atoms with Crippen LogP contribution in [-0.2, 0) is 4.79 Å². The van der Waals surface area contributed by atoms with Crippen molar-refractivity contribution in [2.24, 2.45) is 0 Å². The van der Waals surface area contributed by atoms with E-state index in [-0.39, 0.29) is 17.6 Å². The van der Waals surface area contributed by atoms with Gasteiger partial charge in [-0.3, -0.25) is 19.7 Å². The Hall–Kier alpha value is -2.34. The van der Waals surface area contributed by atoms with Crippen molar-refractivity contribution in [3.05, 3.63) is 48.2 Å². The second-order valence-electron chi connectivity index (χ2n) is 7.43. The molecule has 3 heterocycles. The van der Waals surface area contributed by atoms with Crippen LogP contribution in [-0.4, -0.2) is 58.4 Å². The molecule has 2 saturated heterocycles. The Bertz CT molecular complexity index is 806. The highest BCUT2D eigenvalue weighted by molar-refractivity contribution is 5.78. The number of amides is 1. The number of piperidine rings is 1. The number of carbonyl (C=O) groups is 1. The molecule has 1 amide bonds. The molecule has 2 aliphatic heterocycles. The summed E-state index contributed by atoms with van der Waals surface area (Å²) in [5, 5.41) is 0. The summed E-state index contributed by atoms with van der Waals surface area (Å²) in [6.45, 7) is 3.92. The number of carbonyl (C=O) groups excluding carboxylic acids is 1. The summed E-state index contributed by atoms with van der Waals surface area (Å²) in [5.41, 5.74) is 1.94. The summed E-state index contributed by atoms with van der Waals surface area (Å²) in [6, 6.07) is 6.70. The van der Waals surface area contributed by atoms with Crippen molar-refractivity contribution in [1.29, 1.82) is 0 Å². The average molecular weight is 368 g/mol. The lowest BCUT2D eigenvalue weighted by Crippen LogP contribution is -2.43. The highest BCUT2D eigenvalue weighted by atomic mass is 19.1. The van der Waals surface area contributed by atoms with E-state index in [9.17, 15) is 9.18 Å². The third-order valence-electron chi connectivity index (χ3n) is 5.57. The molecule has 0 radical (unpaired) electrons. The summed E-state index contributed by atoms with van der Waals surface area (Å²) in [6.07, 6.45) is 7.50. The summed E-state index contributed by atoms with van der Waals surface area (Å²) in [7, 11) is 0. The zero-order chi connectivity index (χ0) is 18.6. The van der Waals surface area contributed by atoms with Crippen molar-refractivity contribution < 1.29 is 9.18 Å². The van der Waals surface area contributed by atoms with Gasteiger partial charge in [0.2, 0.25) is 5.91 Å². The minimum atomic E-state index is -0.281. The SMILES string of the molecule is O=C(CN1CCC[C@@H](c2nccnc2-c2ccccc2F)C1)N1CCCC1. The molecule has 0 aliphatic carbocycles. The van der Waals surface area contributed by atoms with Crippen LogP contribution in [0.3, 0.4) is 0 Å². The van der Waals surface area contributed by atoms with E-state index >= 15 is 0 Å². The van der Waals surface area contributed by atoms with Gasteiger partial charge in [0.25, 0.3) is 0 Å². The van der Waals surface area contributed by atoms with Crippen LogP contribution in [0.2, 0.25) is 0 Å². The van der Waals surface area contributed by atoms with Crippen LogP contribution in [0.1, 0.15) is 37.3 Å². The second-order valence-corrected chi connectivity index (χ2v) is 7.43. The molecule has 1 aromatic heterocycles. The number of hydrogen-bond donors (Lipinski definition) is 0. The number of hydrogen-bond acceptors (Lipinski definition) is 4. The fourth-order valence-corrected chi connectivity index (χ4v) is 4.19. The van der Waals surface area contributed by atoms with Gasteiger partial charge in [0.1, 0.15) is 5.82 Å². The summed E-state index contributed by atoms with van der Waals surface area (Å²) < 4.78 is 14.3. The number of nitrogens with zero attached hydrogens (tertiary/aromatic N) is 4. The fourth-order valence-electron chi connectivity index (χ4n) is 4.19. The van der Waals surface area contributed by atoms with Gasteiger partial charge in [0.15, 0.2) is 0 Å². The maximum absolute atomic E-state index is 14.3. The largest absolute Gasteiger partial charge is 0.342 e. The quantitative estimate of drug-likeness (QED) is 0.832. The molecule has 2 aliphatic rings. The van der Waals surface area contributed by atoms with Gasteiger partial charge in [-0.1, -0.05) is 12.1 Å². The van der Waals surface area contributed by atoms with E-state index in [1.54, 1.807) is 24.5 Å². The highest BCUT2D eigenvalue weighted by Gasteiger charge is 2.28. The normalized spacial score (nSPS) is 20.8. The van der Waals surface area contributed by atoms with E-state index in [0.29, 0.717) is 17.8 Å². The molecular weight excluding hydrogens is 343 g/mol. The van der Waals surface area contributed by atoms with Crippen LogP contribution < -0.4 is 0 Å². The van der Waals surface area contributed by atoms with Crippen molar-refractivity contribution in [3.8, 4) is 11.3 Å². The van der Waals surface area contributed by atoms with Gasteiger partial charge in [0, 0.05) is 43.5 Å². The molecule has 142 valence electrons. The van der Waals surface area contributed by atoms with Gasteiger partial charge < -0.3 is 4.90 Å². The number of benzene rings is 1. The number of halogens is 1. The number of rotatable bonds is 4. The molecule has 0 bridgehead atoms. The molecule has 4 rings (SSSR count). The van der Waals surface area contributed by atoms with Gasteiger partial charge in [-0.25, -0.2) is 4.39 Å². The zero-order valence-corrected chi connectivity index (χ0v) is 15.5. The van der Waals surface area contributed by atoms with Crippen LogP contribution in [0.4, 0.5) is 4.39 Å². The van der Waals surface area contributed by atoms with Crippen LogP contribution in [0.15, 0.2) is 36.7 Å². The predicted octanol–water partition coefficient (Wildman–Crippen LogP) is 3.08. The van der Waals surface area contributed by atoms with Gasteiger partial charge in [-0.15, -0.1) is 0 Å². The first-order valence-electron chi connectivity index (χ1n) is 9.78. The van der Waals surface area contributed by atoms with E-state index in [4.69, 9.17) is 0 Å². The topological polar surface area (TPSA) is 49.3 Å². The molecule has 2 aromatic rings. The lowest BCUT2D eigenvalue weighted by Gasteiger charge is -2.33. The summed E-state index contributed by atoms with van der Waals surface area (Å²) in [5.74, 6) is 0.103. The van der Waals surface area contributed by atoms with Gasteiger partial charge in [-0.2, -0.15) is 0 Å². The van der Waals surface area contributed by atoms with Crippen molar-refractivity contribution in [1.82, 2.24) is 19.8 Å². The molecule has 1 atom stereocenters. The molecule has 1 aromatic carbocycles.